The molecule has 0 heterocycles. The van der Waals surface area contributed by atoms with E-state index in [0.29, 0.717) is 13.0 Å². The van der Waals surface area contributed by atoms with E-state index in [1.54, 1.807) is 0 Å². The first kappa shape index (κ1) is 16.1. The Morgan fingerprint density at radius 1 is 1.06 bits per heavy atom. The van der Waals surface area contributed by atoms with E-state index in [-0.39, 0.29) is 0 Å². The zero-order valence-electron chi connectivity index (χ0n) is 11.1. The summed E-state index contributed by atoms with van der Waals surface area (Å²) in [4.78, 5) is 11.1. The van der Waals surface area contributed by atoms with Gasteiger partial charge in [0.1, 0.15) is 0 Å². The zero-order valence-corrected chi connectivity index (χ0v) is 11.1. The molecule has 0 amide bonds. The second kappa shape index (κ2) is 11.6. The first-order valence-corrected chi connectivity index (χ1v) is 6.75. The molecule has 0 aromatic carbocycles. The molecule has 0 aliphatic heterocycles. The van der Waals surface area contributed by atoms with E-state index in [1.165, 1.54) is 25.3 Å². The molecule has 0 aromatic heterocycles. The second-order valence-corrected chi connectivity index (χ2v) is 4.24. The van der Waals surface area contributed by atoms with Gasteiger partial charge in [-0.15, -0.1) is 0 Å². The van der Waals surface area contributed by atoms with Gasteiger partial charge in [0.2, 0.25) is 5.83 Å². The van der Waals surface area contributed by atoms with E-state index in [9.17, 15) is 9.18 Å². The lowest BCUT2D eigenvalue weighted by atomic mass is 10.1. The van der Waals surface area contributed by atoms with Crippen LogP contribution in [0, 0.1) is 0 Å². The summed E-state index contributed by atoms with van der Waals surface area (Å²) in [5.41, 5.74) is 0. The molecule has 17 heavy (non-hydrogen) atoms. The van der Waals surface area contributed by atoms with Gasteiger partial charge in [0.15, 0.2) is 0 Å². The molecular formula is C14H25FO2. The molecule has 0 unspecified atom stereocenters. The fourth-order valence-corrected chi connectivity index (χ4v) is 1.44. The largest absolute Gasteiger partial charge is 0.460 e. The summed E-state index contributed by atoms with van der Waals surface area (Å²) in [7, 11) is 0. The molecule has 0 rings (SSSR count). The van der Waals surface area contributed by atoms with E-state index in [1.807, 2.05) is 6.92 Å². The number of carbonyl (C=O) groups is 1. The Morgan fingerprint density at radius 2 is 1.71 bits per heavy atom. The summed E-state index contributed by atoms with van der Waals surface area (Å²) in [6.07, 6.45) is 9.36. The van der Waals surface area contributed by atoms with Gasteiger partial charge in [0.25, 0.3) is 0 Å². The SMILES string of the molecule is CCCCCCC/C=C(/F)C(=O)OCCCC. The molecule has 0 bridgehead atoms. The molecule has 0 fully saturated rings. The topological polar surface area (TPSA) is 26.3 Å². The lowest BCUT2D eigenvalue weighted by Gasteiger charge is -2.01. The highest BCUT2D eigenvalue weighted by molar-refractivity contribution is 5.85. The highest BCUT2D eigenvalue weighted by Gasteiger charge is 2.08. The number of allylic oxidation sites excluding steroid dienone is 1. The number of esters is 1. The average Bonchev–Trinajstić information content (AvgIpc) is 2.33. The van der Waals surface area contributed by atoms with Crippen LogP contribution in [0.15, 0.2) is 11.9 Å². The van der Waals surface area contributed by atoms with Gasteiger partial charge in [-0.1, -0.05) is 46.0 Å². The Labute approximate surface area is 104 Å². The van der Waals surface area contributed by atoms with Gasteiger partial charge < -0.3 is 4.74 Å². The van der Waals surface area contributed by atoms with Crippen LogP contribution in [0.1, 0.15) is 65.2 Å². The predicted molar refractivity (Wildman–Crippen MR) is 68.4 cm³/mol. The van der Waals surface area contributed by atoms with Crippen LogP contribution in [0.4, 0.5) is 4.39 Å². The minimum absolute atomic E-state index is 0.313. The average molecular weight is 244 g/mol. The molecule has 100 valence electrons. The smallest absolute Gasteiger partial charge is 0.366 e. The van der Waals surface area contributed by atoms with E-state index < -0.39 is 11.8 Å². The van der Waals surface area contributed by atoms with E-state index in [4.69, 9.17) is 4.74 Å². The molecule has 0 radical (unpaired) electrons. The quantitative estimate of drug-likeness (QED) is 0.320. The zero-order chi connectivity index (χ0) is 12.9. The summed E-state index contributed by atoms with van der Waals surface area (Å²) in [6, 6.07) is 0. The van der Waals surface area contributed by atoms with Crippen LogP contribution < -0.4 is 0 Å². The summed E-state index contributed by atoms with van der Waals surface area (Å²) in [6.45, 7) is 4.47. The van der Waals surface area contributed by atoms with Crippen molar-refractivity contribution in [2.24, 2.45) is 0 Å². The van der Waals surface area contributed by atoms with Crippen molar-refractivity contribution in [2.45, 2.75) is 65.2 Å². The molecule has 0 saturated carbocycles. The fraction of sp³-hybridized carbons (Fsp3) is 0.786. The molecular weight excluding hydrogens is 219 g/mol. The van der Waals surface area contributed by atoms with Crippen molar-refractivity contribution < 1.29 is 13.9 Å². The van der Waals surface area contributed by atoms with Crippen molar-refractivity contribution >= 4 is 5.97 Å². The van der Waals surface area contributed by atoms with Crippen molar-refractivity contribution in [1.82, 2.24) is 0 Å². The third-order valence-electron chi connectivity index (χ3n) is 2.56. The highest BCUT2D eigenvalue weighted by Crippen LogP contribution is 2.09. The Balaban J connectivity index is 3.58. The van der Waals surface area contributed by atoms with E-state index >= 15 is 0 Å². The Morgan fingerprint density at radius 3 is 2.35 bits per heavy atom. The molecule has 0 aromatic rings. The van der Waals surface area contributed by atoms with Crippen molar-refractivity contribution in [2.75, 3.05) is 6.61 Å². The fourth-order valence-electron chi connectivity index (χ4n) is 1.44. The lowest BCUT2D eigenvalue weighted by Crippen LogP contribution is -2.06. The number of hydrogen-bond donors (Lipinski definition) is 0. The maximum absolute atomic E-state index is 13.2. The summed E-state index contributed by atoms with van der Waals surface area (Å²) in [5.74, 6) is -1.55. The van der Waals surface area contributed by atoms with Gasteiger partial charge >= 0.3 is 5.97 Å². The van der Waals surface area contributed by atoms with E-state index in [2.05, 4.69) is 6.92 Å². The first-order valence-electron chi connectivity index (χ1n) is 6.75. The molecule has 0 spiro atoms. The number of rotatable bonds is 10. The molecule has 3 heteroatoms. The Kier molecular flexibility index (Phi) is 11.0. The normalized spacial score (nSPS) is 11.6. The Bertz CT molecular complexity index is 224. The predicted octanol–water partition coefficient (Wildman–Crippen LogP) is 4.54. The van der Waals surface area contributed by atoms with Gasteiger partial charge in [-0.05, 0) is 25.3 Å². The molecule has 0 saturated heterocycles. The van der Waals surface area contributed by atoms with Gasteiger partial charge in [0, 0.05) is 0 Å². The first-order chi connectivity index (χ1) is 8.22. The van der Waals surface area contributed by atoms with Crippen LogP contribution in [0.2, 0.25) is 0 Å². The van der Waals surface area contributed by atoms with Crippen LogP contribution in [0.3, 0.4) is 0 Å². The molecule has 0 N–H and O–H groups in total. The van der Waals surface area contributed by atoms with Crippen LogP contribution in [-0.2, 0) is 9.53 Å². The number of unbranched alkanes of at least 4 members (excludes halogenated alkanes) is 6. The maximum Gasteiger partial charge on any atom is 0.366 e. The standard InChI is InChI=1S/C14H25FO2/c1-3-5-7-8-9-10-11-13(15)14(16)17-12-6-4-2/h11H,3-10,12H2,1-2H3/b13-11+. The monoisotopic (exact) mass is 244 g/mol. The summed E-state index contributed by atoms with van der Waals surface area (Å²) < 4.78 is 17.9. The molecule has 0 aliphatic carbocycles. The van der Waals surface area contributed by atoms with E-state index in [0.717, 1.165) is 25.7 Å². The van der Waals surface area contributed by atoms with Crippen molar-refractivity contribution in [3.05, 3.63) is 11.9 Å². The minimum atomic E-state index is -0.813. The molecule has 0 atom stereocenters. The van der Waals surface area contributed by atoms with Gasteiger partial charge in [-0.2, -0.15) is 4.39 Å². The Hall–Kier alpha value is -0.860. The van der Waals surface area contributed by atoms with Crippen LogP contribution in [0.25, 0.3) is 0 Å². The minimum Gasteiger partial charge on any atom is -0.460 e. The third kappa shape index (κ3) is 10.0. The van der Waals surface area contributed by atoms with Crippen LogP contribution in [-0.4, -0.2) is 12.6 Å². The number of halogens is 1. The highest BCUT2D eigenvalue weighted by atomic mass is 19.1. The van der Waals surface area contributed by atoms with Crippen molar-refractivity contribution in [1.29, 1.82) is 0 Å². The molecule has 2 nitrogen and oxygen atoms in total. The summed E-state index contributed by atoms with van der Waals surface area (Å²) in [5, 5.41) is 0. The third-order valence-corrected chi connectivity index (χ3v) is 2.56. The summed E-state index contributed by atoms with van der Waals surface area (Å²) >= 11 is 0. The van der Waals surface area contributed by atoms with Crippen LogP contribution in [0.5, 0.6) is 0 Å². The number of ether oxygens (including phenoxy) is 1. The number of hydrogen-bond acceptors (Lipinski definition) is 2. The van der Waals surface area contributed by atoms with Crippen LogP contribution >= 0.6 is 0 Å². The lowest BCUT2D eigenvalue weighted by molar-refractivity contribution is -0.140. The van der Waals surface area contributed by atoms with Crippen molar-refractivity contribution in [3.8, 4) is 0 Å². The van der Waals surface area contributed by atoms with Gasteiger partial charge in [-0.25, -0.2) is 4.79 Å². The second-order valence-electron chi connectivity index (χ2n) is 4.24. The van der Waals surface area contributed by atoms with Crippen molar-refractivity contribution in [3.63, 3.8) is 0 Å². The number of carbonyl (C=O) groups excluding carboxylic acids is 1. The maximum atomic E-state index is 13.2. The van der Waals surface area contributed by atoms with Gasteiger partial charge in [0.05, 0.1) is 6.61 Å². The van der Waals surface area contributed by atoms with Gasteiger partial charge in [-0.3, -0.25) is 0 Å². The molecule has 0 aliphatic rings.